The molecule has 7 heteroatoms. The molecule has 2 N–H and O–H groups in total. The highest BCUT2D eigenvalue weighted by Crippen LogP contribution is 2.34. The predicted octanol–water partition coefficient (Wildman–Crippen LogP) is 2.78. The molecule has 0 saturated carbocycles. The molecule has 1 fully saturated rings. The third-order valence-electron chi connectivity index (χ3n) is 4.88. The number of piperidine rings is 1. The van der Waals surface area contributed by atoms with Crippen molar-refractivity contribution in [1.82, 2.24) is 20.1 Å². The average molecular weight is 360 g/mol. The largest absolute Gasteiger partial charge is 0.507 e. The number of likely N-dealkylation sites (N-methyl/N-ethyl adjacent to an activating group) is 1. The molecule has 0 radical (unpaired) electrons. The lowest BCUT2D eigenvalue weighted by atomic mass is 10.0. The number of nitriles is 1. The molecule has 1 aromatic carbocycles. The van der Waals surface area contributed by atoms with Gasteiger partial charge in [-0.25, -0.2) is 0 Å². The first-order chi connectivity index (χ1) is 13.2. The van der Waals surface area contributed by atoms with E-state index >= 15 is 0 Å². The Hall–Kier alpha value is -3.24. The molecule has 0 unspecified atom stereocenters. The minimum atomic E-state index is 0.00289. The van der Waals surface area contributed by atoms with Crippen LogP contribution in [-0.2, 0) is 0 Å². The van der Waals surface area contributed by atoms with E-state index in [0.717, 1.165) is 36.8 Å². The van der Waals surface area contributed by atoms with Gasteiger partial charge in [0.1, 0.15) is 17.0 Å². The molecule has 7 nitrogen and oxygen atoms in total. The number of hydrogen-bond acceptors (Lipinski definition) is 7. The van der Waals surface area contributed by atoms with E-state index < -0.39 is 0 Å². The summed E-state index contributed by atoms with van der Waals surface area (Å²) in [6.45, 7) is 2.06. The Morgan fingerprint density at radius 1 is 1.30 bits per heavy atom. The third kappa shape index (κ3) is 3.39. The second-order valence-electron chi connectivity index (χ2n) is 6.89. The van der Waals surface area contributed by atoms with Crippen molar-refractivity contribution >= 4 is 16.7 Å². The van der Waals surface area contributed by atoms with Gasteiger partial charge in [-0.15, -0.1) is 10.2 Å². The van der Waals surface area contributed by atoms with Gasteiger partial charge in [0, 0.05) is 29.7 Å². The number of pyridine rings is 1. The second-order valence-corrected chi connectivity index (χ2v) is 6.89. The zero-order chi connectivity index (χ0) is 18.8. The number of hydrogen-bond donors (Lipinski definition) is 2. The van der Waals surface area contributed by atoms with E-state index in [1.807, 2.05) is 18.2 Å². The molecule has 4 rings (SSSR count). The number of likely N-dealkylation sites (tertiary alicyclic amines) is 1. The van der Waals surface area contributed by atoms with Crippen LogP contribution in [0, 0.1) is 11.3 Å². The molecule has 3 aromatic rings. The van der Waals surface area contributed by atoms with Gasteiger partial charge in [-0.05, 0) is 56.8 Å². The zero-order valence-electron chi connectivity index (χ0n) is 15.1. The Morgan fingerprint density at radius 2 is 2.19 bits per heavy atom. The lowest BCUT2D eigenvalue weighted by Crippen LogP contribution is -2.40. The van der Waals surface area contributed by atoms with Crippen molar-refractivity contribution in [2.24, 2.45) is 0 Å². The Bertz CT molecular complexity index is 1030. The van der Waals surface area contributed by atoms with Crippen molar-refractivity contribution in [2.45, 2.75) is 18.9 Å². The van der Waals surface area contributed by atoms with E-state index in [-0.39, 0.29) is 5.75 Å². The van der Waals surface area contributed by atoms with Crippen LogP contribution in [0.15, 0.2) is 36.5 Å². The van der Waals surface area contributed by atoms with E-state index in [4.69, 9.17) is 5.26 Å². The number of aromatic hydroxyl groups is 1. The fourth-order valence-electron chi connectivity index (χ4n) is 3.56. The molecule has 3 heterocycles. The zero-order valence-corrected chi connectivity index (χ0v) is 15.1. The van der Waals surface area contributed by atoms with Crippen LogP contribution in [0.4, 0.5) is 5.82 Å². The van der Waals surface area contributed by atoms with Gasteiger partial charge < -0.3 is 15.3 Å². The number of fused-ring (bicyclic) bond motifs is 1. The normalized spacial score (nSPS) is 17.6. The highest BCUT2D eigenvalue weighted by molar-refractivity contribution is 5.98. The van der Waals surface area contributed by atoms with Crippen LogP contribution in [0.3, 0.4) is 0 Å². The van der Waals surface area contributed by atoms with E-state index in [1.165, 1.54) is 6.07 Å². The fourth-order valence-corrected chi connectivity index (χ4v) is 3.56. The molecule has 0 spiro atoms. The first kappa shape index (κ1) is 17.2. The number of nitrogens with zero attached hydrogens (tertiary/aromatic N) is 5. The van der Waals surface area contributed by atoms with Crippen molar-refractivity contribution in [3.8, 4) is 23.1 Å². The van der Waals surface area contributed by atoms with Crippen LogP contribution in [-0.4, -0.2) is 51.4 Å². The average Bonchev–Trinajstić information content (AvgIpc) is 2.68. The Labute approximate surface area is 157 Å². The number of benzene rings is 1. The first-order valence-corrected chi connectivity index (χ1v) is 8.95. The summed E-state index contributed by atoms with van der Waals surface area (Å²) in [6.07, 6.45) is 3.95. The maximum atomic E-state index is 10.3. The number of rotatable bonds is 3. The summed E-state index contributed by atoms with van der Waals surface area (Å²) in [5.41, 5.74) is 2.20. The van der Waals surface area contributed by atoms with E-state index in [1.54, 1.807) is 18.3 Å². The standard InChI is InChI=1S/C20H20N6O/c1-26-9-3-4-14(12-26)23-20-19-16(5-2-8-22-19)18(24-25-20)15-7-6-13(11-21)10-17(15)27/h2,5-8,10,14,27H,3-4,9,12H2,1H3,(H,23,25)/t14-/m1/s1. The van der Waals surface area contributed by atoms with E-state index in [2.05, 4.69) is 32.4 Å². The number of phenolic OH excluding ortho intramolecular Hbond substituents is 1. The highest BCUT2D eigenvalue weighted by atomic mass is 16.3. The summed E-state index contributed by atoms with van der Waals surface area (Å²) in [4.78, 5) is 6.80. The quantitative estimate of drug-likeness (QED) is 0.741. The van der Waals surface area contributed by atoms with Crippen molar-refractivity contribution in [2.75, 3.05) is 25.5 Å². The predicted molar refractivity (Wildman–Crippen MR) is 103 cm³/mol. The molecular weight excluding hydrogens is 340 g/mol. The Balaban J connectivity index is 1.76. The minimum Gasteiger partial charge on any atom is -0.507 e. The molecule has 1 saturated heterocycles. The lowest BCUT2D eigenvalue weighted by molar-refractivity contribution is 0.261. The fraction of sp³-hybridized carbons (Fsp3) is 0.300. The summed E-state index contributed by atoms with van der Waals surface area (Å²) in [5, 5.41) is 32.4. The van der Waals surface area contributed by atoms with Crippen molar-refractivity contribution < 1.29 is 5.11 Å². The number of aromatic nitrogens is 3. The second kappa shape index (κ2) is 7.17. The van der Waals surface area contributed by atoms with Gasteiger partial charge in [0.05, 0.1) is 11.6 Å². The van der Waals surface area contributed by atoms with Gasteiger partial charge in [0.2, 0.25) is 0 Å². The molecule has 1 aliphatic heterocycles. The summed E-state index contributed by atoms with van der Waals surface area (Å²) in [6, 6.07) is 10.9. The molecular formula is C20H20N6O. The molecule has 0 amide bonds. The van der Waals surface area contributed by atoms with E-state index in [9.17, 15) is 5.11 Å². The summed E-state index contributed by atoms with van der Waals surface area (Å²) < 4.78 is 0. The van der Waals surface area contributed by atoms with Gasteiger partial charge in [0.15, 0.2) is 5.82 Å². The van der Waals surface area contributed by atoms with Gasteiger partial charge in [-0.2, -0.15) is 5.26 Å². The van der Waals surface area contributed by atoms with Crippen LogP contribution in [0.1, 0.15) is 18.4 Å². The number of anilines is 1. The van der Waals surface area contributed by atoms with Crippen molar-refractivity contribution in [3.05, 3.63) is 42.1 Å². The molecule has 0 aliphatic carbocycles. The smallest absolute Gasteiger partial charge is 0.175 e. The van der Waals surface area contributed by atoms with Crippen LogP contribution >= 0.6 is 0 Å². The van der Waals surface area contributed by atoms with Crippen LogP contribution < -0.4 is 5.32 Å². The Kier molecular flexibility index (Phi) is 4.57. The highest BCUT2D eigenvalue weighted by Gasteiger charge is 2.20. The minimum absolute atomic E-state index is 0.00289. The SMILES string of the molecule is CN1CCC[C@@H](Nc2nnc(-c3ccc(C#N)cc3O)c3cccnc23)C1. The lowest BCUT2D eigenvalue weighted by Gasteiger charge is -2.30. The summed E-state index contributed by atoms with van der Waals surface area (Å²) >= 11 is 0. The summed E-state index contributed by atoms with van der Waals surface area (Å²) in [7, 11) is 2.12. The Morgan fingerprint density at radius 3 is 2.96 bits per heavy atom. The monoisotopic (exact) mass is 360 g/mol. The van der Waals surface area contributed by atoms with Crippen molar-refractivity contribution in [1.29, 1.82) is 5.26 Å². The molecule has 2 aromatic heterocycles. The number of phenols is 1. The first-order valence-electron chi connectivity index (χ1n) is 8.95. The molecule has 1 aliphatic rings. The molecule has 1 atom stereocenters. The summed E-state index contributed by atoms with van der Waals surface area (Å²) in [5.74, 6) is 0.658. The molecule has 136 valence electrons. The van der Waals surface area contributed by atoms with Crippen LogP contribution in [0.2, 0.25) is 0 Å². The maximum Gasteiger partial charge on any atom is 0.175 e. The van der Waals surface area contributed by atoms with Gasteiger partial charge in [-0.1, -0.05) is 0 Å². The topological polar surface area (TPSA) is 98.0 Å². The van der Waals surface area contributed by atoms with Crippen LogP contribution in [0.25, 0.3) is 22.2 Å². The van der Waals surface area contributed by atoms with Gasteiger partial charge in [0.25, 0.3) is 0 Å². The number of nitrogens with one attached hydrogen (secondary N) is 1. The molecule has 0 bridgehead atoms. The van der Waals surface area contributed by atoms with E-state index in [0.29, 0.717) is 28.7 Å². The van der Waals surface area contributed by atoms with Gasteiger partial charge in [-0.3, -0.25) is 4.98 Å². The maximum absolute atomic E-state index is 10.3. The molecule has 27 heavy (non-hydrogen) atoms. The van der Waals surface area contributed by atoms with Gasteiger partial charge >= 0.3 is 0 Å². The van der Waals surface area contributed by atoms with Crippen molar-refractivity contribution in [3.63, 3.8) is 0 Å². The third-order valence-corrected chi connectivity index (χ3v) is 4.88. The van der Waals surface area contributed by atoms with Crippen LogP contribution in [0.5, 0.6) is 5.75 Å².